The summed E-state index contributed by atoms with van der Waals surface area (Å²) in [6, 6.07) is 11.7. The summed E-state index contributed by atoms with van der Waals surface area (Å²) in [7, 11) is 1.55. The van der Waals surface area contributed by atoms with E-state index in [0.717, 1.165) is 5.56 Å². The van der Waals surface area contributed by atoms with Crippen molar-refractivity contribution in [2.75, 3.05) is 20.5 Å². The van der Waals surface area contributed by atoms with Crippen LogP contribution < -0.4 is 4.74 Å². The van der Waals surface area contributed by atoms with E-state index >= 15 is 0 Å². The van der Waals surface area contributed by atoms with Crippen molar-refractivity contribution >= 4 is 29.2 Å². The molecular formula is C20H21Cl2NO5. The first kappa shape index (κ1) is 23.6. The number of phenolic OH excluding ortho intramolecular Hbond substituents is 1. The molecule has 0 aliphatic heterocycles. The molecule has 0 spiro atoms. The van der Waals surface area contributed by atoms with E-state index in [1.807, 2.05) is 6.07 Å². The number of methoxy groups -OCH3 is 1. The molecule has 6 nitrogen and oxygen atoms in total. The summed E-state index contributed by atoms with van der Waals surface area (Å²) in [5.74, 6) is 0.398. The first-order chi connectivity index (χ1) is 13.4. The predicted molar refractivity (Wildman–Crippen MR) is 107 cm³/mol. The molecule has 2 rings (SSSR count). The number of carbonyl (C=O) groups is 1. The molecule has 0 unspecified atom stereocenters. The Morgan fingerprint density at radius 3 is 2.46 bits per heavy atom. The highest BCUT2D eigenvalue weighted by molar-refractivity contribution is 6.31. The van der Waals surface area contributed by atoms with Crippen molar-refractivity contribution in [2.45, 2.75) is 19.8 Å². The van der Waals surface area contributed by atoms with Crippen LogP contribution in [0.2, 0.25) is 10.0 Å². The van der Waals surface area contributed by atoms with Gasteiger partial charge in [-0.25, -0.2) is 0 Å². The smallest absolute Gasteiger partial charge is 0.310 e. The van der Waals surface area contributed by atoms with Crippen molar-refractivity contribution in [3.05, 3.63) is 57.6 Å². The minimum atomic E-state index is -0.347. The molecule has 28 heavy (non-hydrogen) atoms. The Hall–Kier alpha value is -2.46. The lowest BCUT2D eigenvalue weighted by molar-refractivity contribution is -0.142. The second-order valence-electron chi connectivity index (χ2n) is 5.40. The van der Waals surface area contributed by atoms with Gasteiger partial charge in [0.15, 0.2) is 6.79 Å². The molecule has 2 aromatic rings. The standard InChI is InChI=1S/C10H10ClNO2.C10H11ClO3/c1-13-7-14-9-2-3-10(11)8(6-9)4-5-12;1-2-14-10(13)6-7-5-8(12)3-4-9(7)11/h2-3,6H,4,7H2,1H3;3-5,12H,2,6H2,1H3. The first-order valence-corrected chi connectivity index (χ1v) is 9.07. The Balaban J connectivity index is 0.000000280. The number of aromatic hydroxyl groups is 1. The van der Waals surface area contributed by atoms with Gasteiger partial charge in [0, 0.05) is 17.2 Å². The first-order valence-electron chi connectivity index (χ1n) is 8.31. The lowest BCUT2D eigenvalue weighted by Gasteiger charge is -2.06. The highest BCUT2D eigenvalue weighted by atomic mass is 35.5. The van der Waals surface area contributed by atoms with Crippen LogP contribution in [-0.2, 0) is 27.1 Å². The Bertz CT molecular complexity index is 821. The Morgan fingerprint density at radius 1 is 1.14 bits per heavy atom. The largest absolute Gasteiger partial charge is 0.508 e. The molecule has 0 atom stereocenters. The number of rotatable bonds is 7. The molecule has 0 amide bonds. The van der Waals surface area contributed by atoms with E-state index in [9.17, 15) is 4.79 Å². The van der Waals surface area contributed by atoms with E-state index in [1.54, 1.807) is 38.3 Å². The van der Waals surface area contributed by atoms with Crippen molar-refractivity contribution in [2.24, 2.45) is 0 Å². The summed E-state index contributed by atoms with van der Waals surface area (Å²) >= 11 is 11.7. The number of carbonyl (C=O) groups excluding carboxylic acids is 1. The third kappa shape index (κ3) is 8.49. The van der Waals surface area contributed by atoms with Crippen LogP contribution in [0, 0.1) is 11.3 Å². The van der Waals surface area contributed by atoms with Gasteiger partial charge >= 0.3 is 5.97 Å². The van der Waals surface area contributed by atoms with Crippen molar-refractivity contribution in [3.63, 3.8) is 0 Å². The number of ether oxygens (including phenoxy) is 3. The zero-order valence-electron chi connectivity index (χ0n) is 15.6. The fraction of sp³-hybridized carbons (Fsp3) is 0.300. The predicted octanol–water partition coefficient (Wildman–Crippen LogP) is 4.54. The van der Waals surface area contributed by atoms with Crippen LogP contribution in [0.25, 0.3) is 0 Å². The SMILES string of the molecule is CCOC(=O)Cc1cc(O)ccc1Cl.COCOc1ccc(Cl)c(CC#N)c1. The number of nitriles is 1. The summed E-state index contributed by atoms with van der Waals surface area (Å²) in [4.78, 5) is 11.1. The van der Waals surface area contributed by atoms with Gasteiger partial charge in [0.25, 0.3) is 0 Å². The lowest BCUT2D eigenvalue weighted by atomic mass is 10.1. The zero-order valence-corrected chi connectivity index (χ0v) is 17.1. The quantitative estimate of drug-likeness (QED) is 0.517. The van der Waals surface area contributed by atoms with Crippen molar-refractivity contribution in [1.29, 1.82) is 5.26 Å². The maximum atomic E-state index is 11.1. The minimum Gasteiger partial charge on any atom is -0.508 e. The summed E-state index contributed by atoms with van der Waals surface area (Å²) in [6.07, 6.45) is 0.365. The highest BCUT2D eigenvalue weighted by Crippen LogP contribution is 2.23. The van der Waals surface area contributed by atoms with Crippen LogP contribution in [0.3, 0.4) is 0 Å². The summed E-state index contributed by atoms with van der Waals surface area (Å²) in [6.45, 7) is 2.27. The molecule has 0 radical (unpaired) electrons. The van der Waals surface area contributed by atoms with Gasteiger partial charge in [0.05, 0.1) is 25.5 Å². The van der Waals surface area contributed by atoms with E-state index in [1.165, 1.54) is 12.1 Å². The van der Waals surface area contributed by atoms with Crippen LogP contribution in [0.5, 0.6) is 11.5 Å². The number of halogens is 2. The van der Waals surface area contributed by atoms with Crippen LogP contribution in [0.15, 0.2) is 36.4 Å². The molecule has 0 heterocycles. The van der Waals surface area contributed by atoms with E-state index in [-0.39, 0.29) is 31.4 Å². The molecule has 0 bridgehead atoms. The van der Waals surface area contributed by atoms with Gasteiger partial charge in [-0.15, -0.1) is 0 Å². The second kappa shape index (κ2) is 12.8. The van der Waals surface area contributed by atoms with E-state index < -0.39 is 0 Å². The molecule has 0 aliphatic carbocycles. The molecule has 0 saturated heterocycles. The van der Waals surface area contributed by atoms with Gasteiger partial charge in [-0.3, -0.25) is 4.79 Å². The number of esters is 1. The molecule has 1 N–H and O–H groups in total. The average molecular weight is 426 g/mol. The van der Waals surface area contributed by atoms with E-state index in [2.05, 4.69) is 0 Å². The maximum absolute atomic E-state index is 11.1. The lowest BCUT2D eigenvalue weighted by Crippen LogP contribution is -2.07. The fourth-order valence-electron chi connectivity index (χ4n) is 2.05. The van der Waals surface area contributed by atoms with Gasteiger partial charge in [-0.1, -0.05) is 23.2 Å². The molecule has 0 fully saturated rings. The number of nitrogens with zero attached hydrogens (tertiary/aromatic N) is 1. The minimum absolute atomic E-state index is 0.0844. The van der Waals surface area contributed by atoms with E-state index in [0.29, 0.717) is 28.0 Å². The normalized spacial score (nSPS) is 9.68. The Kier molecular flexibility index (Phi) is 10.8. The van der Waals surface area contributed by atoms with Crippen molar-refractivity contribution < 1.29 is 24.1 Å². The van der Waals surface area contributed by atoms with Gasteiger partial charge < -0.3 is 19.3 Å². The second-order valence-corrected chi connectivity index (χ2v) is 6.21. The summed E-state index contributed by atoms with van der Waals surface area (Å²) in [5, 5.41) is 18.7. The van der Waals surface area contributed by atoms with Crippen LogP contribution >= 0.6 is 23.2 Å². The Morgan fingerprint density at radius 2 is 1.82 bits per heavy atom. The van der Waals surface area contributed by atoms with Crippen LogP contribution in [0.4, 0.5) is 0 Å². The fourth-order valence-corrected chi connectivity index (χ4v) is 2.42. The third-order valence-electron chi connectivity index (χ3n) is 3.30. The summed E-state index contributed by atoms with van der Waals surface area (Å²) in [5.41, 5.74) is 1.34. The monoisotopic (exact) mass is 425 g/mol. The number of benzene rings is 2. The number of phenols is 1. The molecule has 0 aliphatic rings. The highest BCUT2D eigenvalue weighted by Gasteiger charge is 2.08. The van der Waals surface area contributed by atoms with Gasteiger partial charge in [0.2, 0.25) is 0 Å². The van der Waals surface area contributed by atoms with Gasteiger partial charge in [-0.05, 0) is 54.4 Å². The molecule has 2 aromatic carbocycles. The molecule has 150 valence electrons. The maximum Gasteiger partial charge on any atom is 0.310 e. The van der Waals surface area contributed by atoms with Crippen LogP contribution in [-0.4, -0.2) is 31.6 Å². The molecule has 0 saturated carbocycles. The number of hydrogen-bond donors (Lipinski definition) is 1. The van der Waals surface area contributed by atoms with Crippen LogP contribution in [0.1, 0.15) is 18.1 Å². The summed E-state index contributed by atoms with van der Waals surface area (Å²) < 4.78 is 14.7. The Labute approximate surface area is 174 Å². The van der Waals surface area contributed by atoms with Gasteiger partial charge in [-0.2, -0.15) is 5.26 Å². The molecular weight excluding hydrogens is 405 g/mol. The third-order valence-corrected chi connectivity index (χ3v) is 4.04. The molecule has 8 heteroatoms. The molecule has 0 aromatic heterocycles. The number of hydrogen-bond acceptors (Lipinski definition) is 6. The van der Waals surface area contributed by atoms with Crippen molar-refractivity contribution in [3.8, 4) is 17.6 Å². The topological polar surface area (TPSA) is 88.8 Å². The average Bonchev–Trinajstić information content (AvgIpc) is 2.66. The zero-order chi connectivity index (χ0) is 20.9. The van der Waals surface area contributed by atoms with Gasteiger partial charge in [0.1, 0.15) is 11.5 Å². The van der Waals surface area contributed by atoms with Crippen molar-refractivity contribution in [1.82, 2.24) is 0 Å². The van der Waals surface area contributed by atoms with E-state index in [4.69, 9.17) is 47.8 Å².